The molecule has 0 unspecified atom stereocenters. The number of hydrogen-bond acceptors (Lipinski definition) is 2. The van der Waals surface area contributed by atoms with E-state index in [1.165, 1.54) is 0 Å². The minimum absolute atomic E-state index is 0. The fourth-order valence-corrected chi connectivity index (χ4v) is 0.402. The molecule has 10 heavy (non-hydrogen) atoms. The van der Waals surface area contributed by atoms with Crippen LogP contribution in [0.1, 0.15) is 0 Å². The standard InChI is InChI=1S/C6H14N2.2BrH/c1-7-5-3-4-6-8-2;;/h3-4,7-8H,5-6H2,1-2H3;2*1H. The molecule has 0 spiro atoms. The van der Waals surface area contributed by atoms with Crippen LogP contribution >= 0.6 is 34.0 Å². The first-order valence-electron chi connectivity index (χ1n) is 2.86. The quantitative estimate of drug-likeness (QED) is 0.752. The Labute approximate surface area is 84.0 Å². The van der Waals surface area contributed by atoms with Gasteiger partial charge in [-0.25, -0.2) is 0 Å². The van der Waals surface area contributed by atoms with Crippen molar-refractivity contribution in [2.75, 3.05) is 27.2 Å². The molecule has 2 N–H and O–H groups in total. The Morgan fingerprint density at radius 2 is 1.20 bits per heavy atom. The number of hydrogen-bond donors (Lipinski definition) is 2. The first-order valence-corrected chi connectivity index (χ1v) is 2.86. The van der Waals surface area contributed by atoms with Crippen LogP contribution in [0.5, 0.6) is 0 Å². The van der Waals surface area contributed by atoms with E-state index in [4.69, 9.17) is 0 Å². The number of nitrogens with one attached hydrogen (secondary N) is 2. The lowest BCUT2D eigenvalue weighted by Gasteiger charge is -1.88. The third kappa shape index (κ3) is 15.8. The second-order valence-corrected chi connectivity index (χ2v) is 1.59. The summed E-state index contributed by atoms with van der Waals surface area (Å²) in [7, 11) is 3.87. The highest BCUT2D eigenvalue weighted by Crippen LogP contribution is 1.64. The summed E-state index contributed by atoms with van der Waals surface area (Å²) in [5.74, 6) is 0. The van der Waals surface area contributed by atoms with Gasteiger partial charge in [-0.05, 0) is 14.1 Å². The molecule has 0 radical (unpaired) electrons. The van der Waals surface area contributed by atoms with Crippen molar-refractivity contribution in [1.82, 2.24) is 10.6 Å². The lowest BCUT2D eigenvalue weighted by Crippen LogP contribution is -2.07. The van der Waals surface area contributed by atoms with E-state index in [2.05, 4.69) is 22.8 Å². The summed E-state index contributed by atoms with van der Waals surface area (Å²) in [5.41, 5.74) is 0. The topological polar surface area (TPSA) is 24.1 Å². The Kier molecular flexibility index (Phi) is 27.6. The average molecular weight is 276 g/mol. The highest BCUT2D eigenvalue weighted by molar-refractivity contribution is 8.93. The van der Waals surface area contributed by atoms with E-state index in [0.717, 1.165) is 13.1 Å². The van der Waals surface area contributed by atoms with E-state index in [1.807, 2.05) is 14.1 Å². The van der Waals surface area contributed by atoms with Gasteiger partial charge in [0.25, 0.3) is 0 Å². The molecule has 0 bridgehead atoms. The molecule has 0 aliphatic rings. The zero-order chi connectivity index (χ0) is 6.24. The van der Waals surface area contributed by atoms with Crippen LogP contribution < -0.4 is 10.6 Å². The van der Waals surface area contributed by atoms with Crippen LogP contribution in [0.4, 0.5) is 0 Å². The summed E-state index contributed by atoms with van der Waals surface area (Å²) >= 11 is 0. The smallest absolute Gasteiger partial charge is 0.0132 e. The van der Waals surface area contributed by atoms with Crippen LogP contribution in [0.3, 0.4) is 0 Å². The molecule has 0 saturated heterocycles. The summed E-state index contributed by atoms with van der Waals surface area (Å²) < 4.78 is 0. The molecule has 0 fully saturated rings. The molecule has 0 aliphatic heterocycles. The van der Waals surface area contributed by atoms with Gasteiger partial charge in [-0.3, -0.25) is 0 Å². The van der Waals surface area contributed by atoms with Gasteiger partial charge in [0.15, 0.2) is 0 Å². The molecular formula is C6H16Br2N2. The lowest BCUT2D eigenvalue weighted by molar-refractivity contribution is 0.891. The molecule has 0 amide bonds. The van der Waals surface area contributed by atoms with Crippen molar-refractivity contribution in [3.63, 3.8) is 0 Å². The van der Waals surface area contributed by atoms with E-state index in [0.29, 0.717) is 0 Å². The van der Waals surface area contributed by atoms with Gasteiger partial charge in [-0.1, -0.05) is 12.2 Å². The molecule has 4 heteroatoms. The maximum atomic E-state index is 3.01. The predicted octanol–water partition coefficient (Wildman–Crippen LogP) is 1.14. The van der Waals surface area contributed by atoms with Gasteiger partial charge in [0.05, 0.1) is 0 Å². The Morgan fingerprint density at radius 1 is 0.900 bits per heavy atom. The Morgan fingerprint density at radius 3 is 1.40 bits per heavy atom. The first-order chi connectivity index (χ1) is 3.91. The van der Waals surface area contributed by atoms with Crippen LogP contribution in [-0.2, 0) is 0 Å². The Hall–Kier alpha value is 0.620. The first kappa shape index (κ1) is 16.9. The Balaban J connectivity index is -0.000000245. The van der Waals surface area contributed by atoms with Crippen molar-refractivity contribution in [3.8, 4) is 0 Å². The van der Waals surface area contributed by atoms with Gasteiger partial charge < -0.3 is 10.6 Å². The van der Waals surface area contributed by atoms with E-state index < -0.39 is 0 Å². The summed E-state index contributed by atoms with van der Waals surface area (Å²) in [6, 6.07) is 0. The molecule has 0 heterocycles. The van der Waals surface area contributed by atoms with E-state index in [9.17, 15) is 0 Å². The summed E-state index contributed by atoms with van der Waals surface area (Å²) in [4.78, 5) is 0. The minimum atomic E-state index is 0. The van der Waals surface area contributed by atoms with Gasteiger partial charge in [0.2, 0.25) is 0 Å². The normalized spacial score (nSPS) is 8.60. The molecule has 2 nitrogen and oxygen atoms in total. The molecule has 0 atom stereocenters. The molecule has 0 aromatic rings. The molecule has 64 valence electrons. The van der Waals surface area contributed by atoms with E-state index in [-0.39, 0.29) is 34.0 Å². The number of rotatable bonds is 4. The second kappa shape index (κ2) is 16.3. The second-order valence-electron chi connectivity index (χ2n) is 1.59. The van der Waals surface area contributed by atoms with Crippen molar-refractivity contribution >= 4 is 34.0 Å². The SMILES string of the molecule is Br.Br.CNCC=CCNC. The van der Waals surface area contributed by atoms with Crippen molar-refractivity contribution < 1.29 is 0 Å². The monoisotopic (exact) mass is 274 g/mol. The van der Waals surface area contributed by atoms with Gasteiger partial charge >= 0.3 is 0 Å². The molecule has 0 aromatic heterocycles. The van der Waals surface area contributed by atoms with Gasteiger partial charge in [-0.2, -0.15) is 0 Å². The maximum absolute atomic E-state index is 3.01. The predicted molar refractivity (Wildman–Crippen MR) is 57.6 cm³/mol. The highest BCUT2D eigenvalue weighted by Gasteiger charge is 1.68. The molecule has 0 aromatic carbocycles. The van der Waals surface area contributed by atoms with Crippen molar-refractivity contribution in [1.29, 1.82) is 0 Å². The summed E-state index contributed by atoms with van der Waals surface area (Å²) in [6.45, 7) is 1.92. The maximum Gasteiger partial charge on any atom is 0.0132 e. The Bertz CT molecular complexity index is 58.8. The molecule has 0 aliphatic carbocycles. The third-order valence-electron chi connectivity index (χ3n) is 0.811. The van der Waals surface area contributed by atoms with Crippen LogP contribution in [0.15, 0.2) is 12.2 Å². The van der Waals surface area contributed by atoms with Crippen molar-refractivity contribution in [2.45, 2.75) is 0 Å². The average Bonchev–Trinajstić information content (AvgIpc) is 1.81. The fourth-order valence-electron chi connectivity index (χ4n) is 0.402. The van der Waals surface area contributed by atoms with E-state index in [1.54, 1.807) is 0 Å². The fraction of sp³-hybridized carbons (Fsp3) is 0.667. The third-order valence-corrected chi connectivity index (χ3v) is 0.811. The van der Waals surface area contributed by atoms with Crippen LogP contribution in [0.2, 0.25) is 0 Å². The van der Waals surface area contributed by atoms with Gasteiger partial charge in [-0.15, -0.1) is 34.0 Å². The molecule has 0 rings (SSSR count). The minimum Gasteiger partial charge on any atom is -0.316 e. The number of likely N-dealkylation sites (N-methyl/N-ethyl adjacent to an activating group) is 2. The zero-order valence-corrected chi connectivity index (χ0v) is 9.81. The summed E-state index contributed by atoms with van der Waals surface area (Å²) in [6.07, 6.45) is 4.19. The van der Waals surface area contributed by atoms with Crippen molar-refractivity contribution in [3.05, 3.63) is 12.2 Å². The van der Waals surface area contributed by atoms with Crippen LogP contribution in [0.25, 0.3) is 0 Å². The van der Waals surface area contributed by atoms with Gasteiger partial charge in [0, 0.05) is 13.1 Å². The van der Waals surface area contributed by atoms with E-state index >= 15 is 0 Å². The molecular weight excluding hydrogens is 260 g/mol. The van der Waals surface area contributed by atoms with Crippen molar-refractivity contribution in [2.24, 2.45) is 0 Å². The van der Waals surface area contributed by atoms with Crippen LogP contribution in [0, 0.1) is 0 Å². The summed E-state index contributed by atoms with van der Waals surface area (Å²) in [5, 5.41) is 6.02. The van der Waals surface area contributed by atoms with Crippen LogP contribution in [-0.4, -0.2) is 27.2 Å². The highest BCUT2D eigenvalue weighted by atomic mass is 79.9. The zero-order valence-electron chi connectivity index (χ0n) is 6.39. The molecule has 0 saturated carbocycles. The number of halogens is 2. The largest absolute Gasteiger partial charge is 0.316 e. The van der Waals surface area contributed by atoms with Gasteiger partial charge in [0.1, 0.15) is 0 Å². The lowest BCUT2D eigenvalue weighted by atomic mass is 10.5.